The largest absolute Gasteiger partial charge is 0.507 e. The lowest BCUT2D eigenvalue weighted by molar-refractivity contribution is 0.0693. The first-order valence-electron chi connectivity index (χ1n) is 7.00. The fourth-order valence-corrected chi connectivity index (χ4v) is 2.70. The molecule has 2 aromatic carbocycles. The quantitative estimate of drug-likeness (QED) is 0.487. The molecule has 6 nitrogen and oxygen atoms in total. The van der Waals surface area contributed by atoms with E-state index >= 15 is 0 Å². The van der Waals surface area contributed by atoms with Gasteiger partial charge in [-0.1, -0.05) is 30.3 Å². The number of carboxylic acid groups (broad SMARTS) is 1. The summed E-state index contributed by atoms with van der Waals surface area (Å²) >= 11 is 1.42. The Kier molecular flexibility index (Phi) is 4.53. The molecule has 0 aliphatic rings. The van der Waals surface area contributed by atoms with Crippen molar-refractivity contribution in [1.29, 1.82) is 0 Å². The molecule has 0 aliphatic carbocycles. The number of hydrogen-bond donors (Lipinski definition) is 3. The van der Waals surface area contributed by atoms with Gasteiger partial charge in [0.25, 0.3) is 0 Å². The maximum absolute atomic E-state index is 11.0. The summed E-state index contributed by atoms with van der Waals surface area (Å²) in [5.41, 5.74) is 5.08. The van der Waals surface area contributed by atoms with Crippen LogP contribution in [0.1, 0.15) is 15.9 Å². The minimum atomic E-state index is -1.19. The van der Waals surface area contributed by atoms with Crippen molar-refractivity contribution in [3.63, 3.8) is 0 Å². The van der Waals surface area contributed by atoms with E-state index in [9.17, 15) is 9.90 Å². The first-order valence-corrected chi connectivity index (χ1v) is 7.88. The van der Waals surface area contributed by atoms with Gasteiger partial charge in [-0.3, -0.25) is 5.43 Å². The predicted octanol–water partition coefficient (Wildman–Crippen LogP) is 3.66. The predicted molar refractivity (Wildman–Crippen MR) is 93.8 cm³/mol. The highest BCUT2D eigenvalue weighted by molar-refractivity contribution is 7.14. The molecule has 7 heteroatoms. The third kappa shape index (κ3) is 3.58. The van der Waals surface area contributed by atoms with Crippen LogP contribution >= 0.6 is 11.3 Å². The molecular weight excluding hydrogens is 326 g/mol. The highest BCUT2D eigenvalue weighted by Crippen LogP contribution is 2.24. The summed E-state index contributed by atoms with van der Waals surface area (Å²) in [6.45, 7) is 0. The summed E-state index contributed by atoms with van der Waals surface area (Å²) < 4.78 is 0. The van der Waals surface area contributed by atoms with Crippen LogP contribution in [0, 0.1) is 0 Å². The van der Waals surface area contributed by atoms with Gasteiger partial charge in [0.15, 0.2) is 0 Å². The van der Waals surface area contributed by atoms with E-state index in [0.29, 0.717) is 10.7 Å². The Balaban J connectivity index is 1.70. The van der Waals surface area contributed by atoms with E-state index in [0.717, 1.165) is 11.3 Å². The van der Waals surface area contributed by atoms with Crippen molar-refractivity contribution in [1.82, 2.24) is 4.98 Å². The first kappa shape index (κ1) is 15.7. The molecule has 0 aliphatic heterocycles. The zero-order valence-electron chi connectivity index (χ0n) is 12.4. The van der Waals surface area contributed by atoms with E-state index < -0.39 is 5.97 Å². The molecule has 120 valence electrons. The lowest BCUT2D eigenvalue weighted by Crippen LogP contribution is -1.98. The number of phenols is 1. The van der Waals surface area contributed by atoms with Gasteiger partial charge in [-0.2, -0.15) is 5.10 Å². The molecule has 3 aromatic rings. The van der Waals surface area contributed by atoms with Crippen LogP contribution in [0.4, 0.5) is 5.13 Å². The van der Waals surface area contributed by atoms with Crippen LogP contribution in [0.25, 0.3) is 11.3 Å². The molecule has 0 fully saturated rings. The van der Waals surface area contributed by atoms with E-state index in [2.05, 4.69) is 15.5 Å². The third-order valence-corrected chi connectivity index (χ3v) is 3.95. The number of anilines is 1. The summed E-state index contributed by atoms with van der Waals surface area (Å²) in [5, 5.41) is 25.0. The van der Waals surface area contributed by atoms with Crippen LogP contribution in [0.3, 0.4) is 0 Å². The van der Waals surface area contributed by atoms with Crippen LogP contribution < -0.4 is 5.43 Å². The lowest BCUT2D eigenvalue weighted by atomic mass is 10.1. The number of nitrogens with one attached hydrogen (secondary N) is 1. The summed E-state index contributed by atoms with van der Waals surface area (Å²) in [7, 11) is 0. The normalized spacial score (nSPS) is 10.8. The zero-order valence-corrected chi connectivity index (χ0v) is 13.2. The smallest absolute Gasteiger partial charge is 0.339 e. The summed E-state index contributed by atoms with van der Waals surface area (Å²) in [6.07, 6.45) is 1.47. The van der Waals surface area contributed by atoms with E-state index in [1.165, 1.54) is 29.7 Å². The maximum Gasteiger partial charge on any atom is 0.339 e. The van der Waals surface area contributed by atoms with Gasteiger partial charge >= 0.3 is 5.97 Å². The molecule has 0 unspecified atom stereocenters. The van der Waals surface area contributed by atoms with Gasteiger partial charge in [0.05, 0.1) is 11.9 Å². The molecule has 0 spiro atoms. The molecule has 24 heavy (non-hydrogen) atoms. The molecule has 0 saturated heterocycles. The molecule has 3 N–H and O–H groups in total. The Morgan fingerprint density at radius 1 is 1.21 bits per heavy atom. The minimum Gasteiger partial charge on any atom is -0.507 e. The van der Waals surface area contributed by atoms with Crippen LogP contribution in [0.5, 0.6) is 5.75 Å². The molecule has 3 rings (SSSR count). The van der Waals surface area contributed by atoms with Gasteiger partial charge in [-0.15, -0.1) is 11.3 Å². The zero-order chi connectivity index (χ0) is 16.9. The Morgan fingerprint density at radius 3 is 2.75 bits per heavy atom. The molecule has 1 heterocycles. The fourth-order valence-electron chi connectivity index (χ4n) is 2.03. The Labute approximate surface area is 141 Å². The molecule has 0 atom stereocenters. The highest BCUT2D eigenvalue weighted by Gasteiger charge is 2.09. The summed E-state index contributed by atoms with van der Waals surface area (Å²) in [6, 6.07) is 14.0. The Morgan fingerprint density at radius 2 is 2.00 bits per heavy atom. The maximum atomic E-state index is 11.0. The van der Waals surface area contributed by atoms with Crippen LogP contribution in [0.2, 0.25) is 0 Å². The van der Waals surface area contributed by atoms with E-state index in [-0.39, 0.29) is 11.3 Å². The number of benzene rings is 2. The van der Waals surface area contributed by atoms with Crippen molar-refractivity contribution >= 4 is 28.7 Å². The molecule has 0 bridgehead atoms. The minimum absolute atomic E-state index is 0.167. The number of nitrogens with zero attached hydrogens (tertiary/aromatic N) is 2. The van der Waals surface area contributed by atoms with Crippen LogP contribution in [-0.4, -0.2) is 27.4 Å². The second-order valence-electron chi connectivity index (χ2n) is 4.86. The van der Waals surface area contributed by atoms with Gasteiger partial charge in [-0.25, -0.2) is 9.78 Å². The second-order valence-corrected chi connectivity index (χ2v) is 5.71. The molecular formula is C17H13N3O3S. The number of aromatic carboxylic acids is 1. The Hall–Kier alpha value is -3.19. The van der Waals surface area contributed by atoms with Crippen molar-refractivity contribution < 1.29 is 15.0 Å². The van der Waals surface area contributed by atoms with E-state index in [4.69, 9.17) is 5.11 Å². The third-order valence-electron chi connectivity index (χ3n) is 3.20. The summed E-state index contributed by atoms with van der Waals surface area (Å²) in [4.78, 5) is 15.4. The number of rotatable bonds is 5. The van der Waals surface area contributed by atoms with Crippen molar-refractivity contribution in [3.05, 3.63) is 65.0 Å². The van der Waals surface area contributed by atoms with Crippen molar-refractivity contribution in [2.75, 3.05) is 5.43 Å². The van der Waals surface area contributed by atoms with Crippen molar-refractivity contribution in [2.45, 2.75) is 0 Å². The van der Waals surface area contributed by atoms with Crippen molar-refractivity contribution in [2.24, 2.45) is 5.10 Å². The number of thiazole rings is 1. The number of hydrazone groups is 1. The number of hydrogen-bond acceptors (Lipinski definition) is 6. The SMILES string of the molecule is O=C(O)c1cc(C=NNc2nc(-c3ccccc3)cs2)ccc1O. The van der Waals surface area contributed by atoms with Crippen molar-refractivity contribution in [3.8, 4) is 17.0 Å². The average Bonchev–Trinajstić information content (AvgIpc) is 3.06. The van der Waals surface area contributed by atoms with Crippen LogP contribution in [-0.2, 0) is 0 Å². The second kappa shape index (κ2) is 6.93. The fraction of sp³-hybridized carbons (Fsp3) is 0. The van der Waals surface area contributed by atoms with E-state index in [1.54, 1.807) is 6.07 Å². The average molecular weight is 339 g/mol. The van der Waals surface area contributed by atoms with Gasteiger partial charge in [0, 0.05) is 10.9 Å². The van der Waals surface area contributed by atoms with Gasteiger partial charge in [0.1, 0.15) is 11.3 Å². The molecule has 0 amide bonds. The number of aromatic nitrogens is 1. The van der Waals surface area contributed by atoms with Gasteiger partial charge < -0.3 is 10.2 Å². The molecule has 1 aromatic heterocycles. The number of carboxylic acids is 1. The van der Waals surface area contributed by atoms with Gasteiger partial charge in [-0.05, 0) is 23.8 Å². The Bertz CT molecular complexity index is 891. The molecule has 0 saturated carbocycles. The topological polar surface area (TPSA) is 94.8 Å². The standard InChI is InChI=1S/C17H13N3O3S/c21-15-7-6-11(8-13(15)16(22)23)9-18-20-17-19-14(10-24-17)12-4-2-1-3-5-12/h1-10,21H,(H,19,20)(H,22,23). The van der Waals surface area contributed by atoms with E-state index in [1.807, 2.05) is 35.7 Å². The highest BCUT2D eigenvalue weighted by atomic mass is 32.1. The lowest BCUT2D eigenvalue weighted by Gasteiger charge is -2.00. The number of aromatic hydroxyl groups is 1. The van der Waals surface area contributed by atoms with Crippen LogP contribution in [0.15, 0.2) is 59.0 Å². The first-order chi connectivity index (χ1) is 11.6. The molecule has 0 radical (unpaired) electrons. The number of carbonyl (C=O) groups is 1. The summed E-state index contributed by atoms with van der Waals surface area (Å²) in [5.74, 6) is -1.47. The monoisotopic (exact) mass is 339 g/mol. The van der Waals surface area contributed by atoms with Gasteiger partial charge in [0.2, 0.25) is 5.13 Å².